The van der Waals surface area contributed by atoms with Crippen molar-refractivity contribution in [1.29, 1.82) is 0 Å². The average molecular weight is 317 g/mol. The summed E-state index contributed by atoms with van der Waals surface area (Å²) >= 11 is 1.36. The van der Waals surface area contributed by atoms with Crippen molar-refractivity contribution in [3.8, 4) is 0 Å². The molecule has 0 aliphatic carbocycles. The Morgan fingerprint density at radius 3 is 2.59 bits per heavy atom. The minimum absolute atomic E-state index is 0.246. The van der Waals surface area contributed by atoms with E-state index in [-0.39, 0.29) is 12.5 Å². The smallest absolute Gasteiger partial charge is 0.348 e. The number of hydrogen-bond acceptors (Lipinski definition) is 4. The third kappa shape index (κ3) is 4.70. The number of nitrogens with one attached hydrogen (secondary N) is 1. The fourth-order valence-electron chi connectivity index (χ4n) is 2.02. The van der Waals surface area contributed by atoms with Gasteiger partial charge in [0.15, 0.2) is 6.61 Å². The molecule has 1 heterocycles. The third-order valence-corrected chi connectivity index (χ3v) is 4.23. The molecule has 0 atom stereocenters. The molecule has 5 heteroatoms. The Morgan fingerprint density at radius 2 is 1.91 bits per heavy atom. The zero-order valence-electron chi connectivity index (χ0n) is 12.7. The van der Waals surface area contributed by atoms with Crippen LogP contribution in [-0.2, 0) is 16.0 Å². The monoisotopic (exact) mass is 317 g/mol. The summed E-state index contributed by atoms with van der Waals surface area (Å²) in [5, 5.41) is 2.76. The van der Waals surface area contributed by atoms with E-state index >= 15 is 0 Å². The molecule has 2 rings (SSSR count). The SMILES string of the molecule is Cc1ccc(C(=O)OCC(=O)NCCc2ccccc2C)s1. The molecule has 0 fully saturated rings. The van der Waals surface area contributed by atoms with Gasteiger partial charge in [0, 0.05) is 11.4 Å². The summed E-state index contributed by atoms with van der Waals surface area (Å²) in [6, 6.07) is 11.6. The van der Waals surface area contributed by atoms with Crippen LogP contribution in [0.1, 0.15) is 25.7 Å². The maximum atomic E-state index is 11.7. The summed E-state index contributed by atoms with van der Waals surface area (Å²) in [5.74, 6) is -0.734. The molecule has 0 radical (unpaired) electrons. The number of amides is 1. The summed E-state index contributed by atoms with van der Waals surface area (Å²) in [7, 11) is 0. The van der Waals surface area contributed by atoms with E-state index in [0.717, 1.165) is 11.3 Å². The Bertz CT molecular complexity index is 663. The van der Waals surface area contributed by atoms with Crippen LogP contribution < -0.4 is 5.32 Å². The second kappa shape index (κ2) is 7.75. The van der Waals surface area contributed by atoms with Crippen LogP contribution in [0.15, 0.2) is 36.4 Å². The largest absolute Gasteiger partial charge is 0.451 e. The second-order valence-electron chi connectivity index (χ2n) is 5.01. The predicted molar refractivity (Wildman–Crippen MR) is 87.2 cm³/mol. The molecule has 116 valence electrons. The fraction of sp³-hybridized carbons (Fsp3) is 0.294. The van der Waals surface area contributed by atoms with Gasteiger partial charge in [-0.05, 0) is 43.5 Å². The number of ether oxygens (including phenoxy) is 1. The molecule has 0 unspecified atom stereocenters. The highest BCUT2D eigenvalue weighted by Crippen LogP contribution is 2.15. The van der Waals surface area contributed by atoms with Crippen LogP contribution in [-0.4, -0.2) is 25.0 Å². The van der Waals surface area contributed by atoms with Gasteiger partial charge in [-0.15, -0.1) is 11.3 Å². The molecule has 22 heavy (non-hydrogen) atoms. The van der Waals surface area contributed by atoms with Crippen LogP contribution in [0.2, 0.25) is 0 Å². The van der Waals surface area contributed by atoms with Crippen LogP contribution in [0, 0.1) is 13.8 Å². The quantitative estimate of drug-likeness (QED) is 0.834. The van der Waals surface area contributed by atoms with Crippen LogP contribution in [0.3, 0.4) is 0 Å². The number of benzene rings is 1. The molecule has 0 spiro atoms. The molecule has 2 aromatic rings. The van der Waals surface area contributed by atoms with Crippen molar-refractivity contribution in [1.82, 2.24) is 5.32 Å². The van der Waals surface area contributed by atoms with Crippen molar-refractivity contribution in [3.05, 3.63) is 57.3 Å². The lowest BCUT2D eigenvalue weighted by Gasteiger charge is -2.07. The Kier molecular flexibility index (Phi) is 5.72. The van der Waals surface area contributed by atoms with Gasteiger partial charge in [0.2, 0.25) is 0 Å². The second-order valence-corrected chi connectivity index (χ2v) is 6.30. The summed E-state index contributed by atoms with van der Waals surface area (Å²) in [6.07, 6.45) is 0.760. The van der Waals surface area contributed by atoms with Gasteiger partial charge in [-0.2, -0.15) is 0 Å². The average Bonchev–Trinajstić information content (AvgIpc) is 2.93. The highest BCUT2D eigenvalue weighted by atomic mass is 32.1. The Hall–Kier alpha value is -2.14. The number of esters is 1. The number of hydrogen-bond donors (Lipinski definition) is 1. The van der Waals surface area contributed by atoms with Gasteiger partial charge in [0.1, 0.15) is 4.88 Å². The van der Waals surface area contributed by atoms with Crippen molar-refractivity contribution in [2.24, 2.45) is 0 Å². The molecular weight excluding hydrogens is 298 g/mol. The lowest BCUT2D eigenvalue weighted by Crippen LogP contribution is -2.30. The first kappa shape index (κ1) is 16.2. The lowest BCUT2D eigenvalue weighted by molar-refractivity contribution is -0.124. The fourth-order valence-corrected chi connectivity index (χ4v) is 2.79. The summed E-state index contributed by atoms with van der Waals surface area (Å²) in [4.78, 5) is 24.9. The van der Waals surface area contributed by atoms with E-state index in [4.69, 9.17) is 4.74 Å². The van der Waals surface area contributed by atoms with Crippen molar-refractivity contribution < 1.29 is 14.3 Å². The maximum Gasteiger partial charge on any atom is 0.348 e. The minimum Gasteiger partial charge on any atom is -0.451 e. The van der Waals surface area contributed by atoms with Gasteiger partial charge in [0.25, 0.3) is 5.91 Å². The number of carbonyl (C=O) groups is 2. The normalized spacial score (nSPS) is 10.3. The summed E-state index contributed by atoms with van der Waals surface area (Å²) < 4.78 is 4.99. The van der Waals surface area contributed by atoms with E-state index in [2.05, 4.69) is 5.32 Å². The van der Waals surface area contributed by atoms with Gasteiger partial charge in [-0.1, -0.05) is 24.3 Å². The molecule has 0 bridgehead atoms. The lowest BCUT2D eigenvalue weighted by atomic mass is 10.1. The van der Waals surface area contributed by atoms with Crippen molar-refractivity contribution >= 4 is 23.2 Å². The predicted octanol–water partition coefficient (Wildman–Crippen LogP) is 2.88. The van der Waals surface area contributed by atoms with Crippen molar-refractivity contribution in [3.63, 3.8) is 0 Å². The first-order chi connectivity index (χ1) is 10.6. The molecule has 0 aliphatic heterocycles. The van der Waals surface area contributed by atoms with Gasteiger partial charge >= 0.3 is 5.97 Å². The molecule has 1 aromatic carbocycles. The van der Waals surface area contributed by atoms with Gasteiger partial charge in [0.05, 0.1) is 0 Å². The van der Waals surface area contributed by atoms with E-state index in [1.165, 1.54) is 22.5 Å². The number of aryl methyl sites for hydroxylation is 2. The minimum atomic E-state index is -0.452. The number of thiophene rings is 1. The molecule has 1 amide bonds. The van der Waals surface area contributed by atoms with E-state index in [1.807, 2.05) is 44.2 Å². The third-order valence-electron chi connectivity index (χ3n) is 3.25. The van der Waals surface area contributed by atoms with Gasteiger partial charge in [-0.3, -0.25) is 4.79 Å². The first-order valence-electron chi connectivity index (χ1n) is 7.11. The van der Waals surface area contributed by atoms with E-state index in [0.29, 0.717) is 11.4 Å². The number of rotatable bonds is 6. The zero-order chi connectivity index (χ0) is 15.9. The maximum absolute atomic E-state index is 11.7. The Balaban J connectivity index is 1.70. The molecular formula is C17H19NO3S. The van der Waals surface area contributed by atoms with Crippen molar-refractivity contribution in [2.45, 2.75) is 20.3 Å². The van der Waals surface area contributed by atoms with E-state index in [9.17, 15) is 9.59 Å². The Labute approximate surface area is 134 Å². The molecule has 4 nitrogen and oxygen atoms in total. The molecule has 0 saturated carbocycles. The van der Waals surface area contributed by atoms with Gasteiger partial charge in [-0.25, -0.2) is 4.79 Å². The van der Waals surface area contributed by atoms with Crippen LogP contribution in [0.4, 0.5) is 0 Å². The molecule has 0 saturated heterocycles. The highest BCUT2D eigenvalue weighted by Gasteiger charge is 2.11. The highest BCUT2D eigenvalue weighted by molar-refractivity contribution is 7.13. The van der Waals surface area contributed by atoms with Crippen LogP contribution >= 0.6 is 11.3 Å². The van der Waals surface area contributed by atoms with Crippen molar-refractivity contribution in [2.75, 3.05) is 13.2 Å². The summed E-state index contributed by atoms with van der Waals surface area (Å²) in [6.45, 7) is 4.24. The molecule has 1 N–H and O–H groups in total. The van der Waals surface area contributed by atoms with Gasteiger partial charge < -0.3 is 10.1 Å². The number of carbonyl (C=O) groups excluding carboxylic acids is 2. The molecule has 0 aliphatic rings. The Morgan fingerprint density at radius 1 is 1.14 bits per heavy atom. The van der Waals surface area contributed by atoms with E-state index in [1.54, 1.807) is 6.07 Å². The first-order valence-corrected chi connectivity index (χ1v) is 7.92. The molecule has 1 aromatic heterocycles. The van der Waals surface area contributed by atoms with Crippen LogP contribution in [0.5, 0.6) is 0 Å². The summed E-state index contributed by atoms with van der Waals surface area (Å²) in [5.41, 5.74) is 2.41. The topological polar surface area (TPSA) is 55.4 Å². The van der Waals surface area contributed by atoms with Crippen LogP contribution in [0.25, 0.3) is 0 Å². The zero-order valence-corrected chi connectivity index (χ0v) is 13.5. The van der Waals surface area contributed by atoms with E-state index < -0.39 is 5.97 Å². The standard InChI is InChI=1S/C17H19NO3S/c1-12-5-3-4-6-14(12)9-10-18-16(19)11-21-17(20)15-8-7-13(2)22-15/h3-8H,9-11H2,1-2H3,(H,18,19).